The molecule has 0 spiro atoms. The molecule has 0 aliphatic rings. The number of hydrogen-bond acceptors (Lipinski definition) is 3. The number of carbonyl (C=O) groups excluding carboxylic acids is 1. The van der Waals surface area contributed by atoms with Crippen LogP contribution in [0.3, 0.4) is 0 Å². The van der Waals surface area contributed by atoms with Crippen molar-refractivity contribution in [2.75, 3.05) is 12.4 Å². The van der Waals surface area contributed by atoms with E-state index in [1.165, 1.54) is 7.11 Å². The van der Waals surface area contributed by atoms with Crippen LogP contribution < -0.4 is 5.32 Å². The van der Waals surface area contributed by atoms with E-state index in [0.29, 0.717) is 6.42 Å². The highest BCUT2D eigenvalue weighted by Gasteiger charge is 2.18. The van der Waals surface area contributed by atoms with Crippen molar-refractivity contribution < 1.29 is 9.53 Å². The number of esters is 1. The third kappa shape index (κ3) is 2.37. The molecule has 0 saturated carbocycles. The molecule has 4 nitrogen and oxygen atoms in total. The second-order valence-electron chi connectivity index (χ2n) is 3.99. The average molecular weight is 244 g/mol. The van der Waals surface area contributed by atoms with Crippen molar-refractivity contribution in [2.45, 2.75) is 12.5 Å². The Kier molecular flexibility index (Phi) is 3.67. The number of aromatic amines is 1. The van der Waals surface area contributed by atoms with Crippen LogP contribution in [0.4, 0.5) is 5.69 Å². The zero-order chi connectivity index (χ0) is 13.0. The fourth-order valence-corrected chi connectivity index (χ4v) is 1.92. The topological polar surface area (TPSA) is 54.1 Å². The number of carbonyl (C=O) groups is 1. The molecule has 0 radical (unpaired) electrons. The summed E-state index contributed by atoms with van der Waals surface area (Å²) in [6, 6.07) is 7.46. The Morgan fingerprint density at radius 1 is 1.56 bits per heavy atom. The molecule has 1 aromatic heterocycles. The van der Waals surface area contributed by atoms with Gasteiger partial charge in [0.15, 0.2) is 0 Å². The van der Waals surface area contributed by atoms with Gasteiger partial charge in [-0.25, -0.2) is 4.79 Å². The summed E-state index contributed by atoms with van der Waals surface area (Å²) in [5, 5.41) is 4.28. The second kappa shape index (κ2) is 5.40. The molecule has 0 saturated heterocycles. The highest BCUT2D eigenvalue weighted by atomic mass is 16.5. The summed E-state index contributed by atoms with van der Waals surface area (Å²) in [6.45, 7) is 3.66. The van der Waals surface area contributed by atoms with Crippen molar-refractivity contribution in [1.29, 1.82) is 0 Å². The Morgan fingerprint density at radius 2 is 2.39 bits per heavy atom. The van der Waals surface area contributed by atoms with Crippen LogP contribution in [0.2, 0.25) is 0 Å². The zero-order valence-electron chi connectivity index (χ0n) is 10.3. The molecule has 0 aliphatic carbocycles. The van der Waals surface area contributed by atoms with Crippen molar-refractivity contribution in [3.05, 3.63) is 43.1 Å². The molecule has 1 heterocycles. The van der Waals surface area contributed by atoms with Crippen LogP contribution in [0, 0.1) is 0 Å². The van der Waals surface area contributed by atoms with Crippen molar-refractivity contribution in [3.63, 3.8) is 0 Å². The second-order valence-corrected chi connectivity index (χ2v) is 3.99. The number of rotatable bonds is 5. The predicted octanol–water partition coefficient (Wildman–Crippen LogP) is 2.70. The van der Waals surface area contributed by atoms with Gasteiger partial charge in [-0.1, -0.05) is 18.2 Å². The van der Waals surface area contributed by atoms with E-state index in [4.69, 9.17) is 4.74 Å². The van der Waals surface area contributed by atoms with Crippen LogP contribution in [-0.2, 0) is 9.53 Å². The number of anilines is 1. The van der Waals surface area contributed by atoms with E-state index in [9.17, 15) is 4.79 Å². The Bertz CT molecular complexity index is 560. The molecule has 94 valence electrons. The molecule has 1 atom stereocenters. The highest BCUT2D eigenvalue weighted by Crippen LogP contribution is 2.22. The third-order valence-electron chi connectivity index (χ3n) is 2.81. The minimum Gasteiger partial charge on any atom is -0.467 e. The summed E-state index contributed by atoms with van der Waals surface area (Å²) in [4.78, 5) is 14.8. The van der Waals surface area contributed by atoms with Crippen LogP contribution in [0.1, 0.15) is 6.42 Å². The smallest absolute Gasteiger partial charge is 0.328 e. The van der Waals surface area contributed by atoms with Gasteiger partial charge in [-0.2, -0.15) is 0 Å². The first-order valence-corrected chi connectivity index (χ1v) is 5.77. The van der Waals surface area contributed by atoms with Crippen molar-refractivity contribution >= 4 is 22.6 Å². The first-order chi connectivity index (χ1) is 8.76. The van der Waals surface area contributed by atoms with Gasteiger partial charge in [0.1, 0.15) is 6.04 Å². The number of H-pyrrole nitrogens is 1. The number of para-hydroxylation sites is 1. The molecule has 2 aromatic rings. The molecule has 18 heavy (non-hydrogen) atoms. The van der Waals surface area contributed by atoms with Gasteiger partial charge >= 0.3 is 5.97 Å². The molecule has 2 rings (SSSR count). The summed E-state index contributed by atoms with van der Waals surface area (Å²) >= 11 is 0. The summed E-state index contributed by atoms with van der Waals surface area (Å²) < 4.78 is 4.77. The van der Waals surface area contributed by atoms with Crippen molar-refractivity contribution in [1.82, 2.24) is 4.98 Å². The van der Waals surface area contributed by atoms with E-state index in [2.05, 4.69) is 16.9 Å². The van der Waals surface area contributed by atoms with Crippen LogP contribution in [0.5, 0.6) is 0 Å². The maximum atomic E-state index is 11.6. The normalized spacial score (nSPS) is 12.1. The molecule has 0 aliphatic heterocycles. The number of aromatic nitrogens is 1. The summed E-state index contributed by atoms with van der Waals surface area (Å²) in [7, 11) is 1.38. The lowest BCUT2D eigenvalue weighted by Gasteiger charge is -2.16. The number of methoxy groups -OCH3 is 1. The predicted molar refractivity (Wildman–Crippen MR) is 72.5 cm³/mol. The molecule has 2 N–H and O–H groups in total. The number of fused-ring (bicyclic) bond motifs is 1. The van der Waals surface area contributed by atoms with Crippen LogP contribution in [0.25, 0.3) is 10.9 Å². The molecule has 0 amide bonds. The quantitative estimate of drug-likeness (QED) is 0.628. The van der Waals surface area contributed by atoms with E-state index in [1.807, 2.05) is 30.5 Å². The highest BCUT2D eigenvalue weighted by molar-refractivity contribution is 5.92. The molecular formula is C14H16N2O2. The summed E-state index contributed by atoms with van der Waals surface area (Å²) in [5.41, 5.74) is 1.87. The fourth-order valence-electron chi connectivity index (χ4n) is 1.92. The van der Waals surface area contributed by atoms with Gasteiger partial charge in [-0.3, -0.25) is 0 Å². The minimum absolute atomic E-state index is 0.293. The van der Waals surface area contributed by atoms with Gasteiger partial charge in [0.2, 0.25) is 0 Å². The Morgan fingerprint density at radius 3 is 3.11 bits per heavy atom. The first kappa shape index (κ1) is 12.2. The van der Waals surface area contributed by atoms with Crippen LogP contribution in [0.15, 0.2) is 43.1 Å². The maximum absolute atomic E-state index is 11.6. The molecule has 0 fully saturated rings. The van der Waals surface area contributed by atoms with Crippen LogP contribution >= 0.6 is 0 Å². The Balaban J connectivity index is 2.27. The maximum Gasteiger partial charge on any atom is 0.328 e. The number of hydrogen-bond donors (Lipinski definition) is 2. The van der Waals surface area contributed by atoms with E-state index in [1.54, 1.807) is 6.08 Å². The van der Waals surface area contributed by atoms with Gasteiger partial charge in [0.25, 0.3) is 0 Å². The molecule has 4 heteroatoms. The van der Waals surface area contributed by atoms with Gasteiger partial charge in [-0.05, 0) is 18.6 Å². The SMILES string of the molecule is C=CCC(Nc1cccc2cc[nH]c12)C(=O)OC. The van der Waals surface area contributed by atoms with E-state index in [-0.39, 0.29) is 5.97 Å². The first-order valence-electron chi connectivity index (χ1n) is 5.77. The monoisotopic (exact) mass is 244 g/mol. The Hall–Kier alpha value is -2.23. The number of benzene rings is 1. The molecule has 0 bridgehead atoms. The molecule has 1 aromatic carbocycles. The zero-order valence-corrected chi connectivity index (χ0v) is 10.3. The van der Waals surface area contributed by atoms with Crippen molar-refractivity contribution in [2.24, 2.45) is 0 Å². The minimum atomic E-state index is -0.415. The standard InChI is InChI=1S/C14H16N2O2/c1-3-5-12(14(17)18-2)16-11-7-4-6-10-8-9-15-13(10)11/h3-4,6-9,12,15-16H,1,5H2,2H3. The molecule has 1 unspecified atom stereocenters. The van der Waals surface area contributed by atoms with Crippen LogP contribution in [-0.4, -0.2) is 24.1 Å². The van der Waals surface area contributed by atoms with Gasteiger partial charge < -0.3 is 15.0 Å². The van der Waals surface area contributed by atoms with E-state index < -0.39 is 6.04 Å². The van der Waals surface area contributed by atoms with E-state index in [0.717, 1.165) is 16.6 Å². The van der Waals surface area contributed by atoms with Gasteiger partial charge in [-0.15, -0.1) is 6.58 Å². The molecular weight excluding hydrogens is 228 g/mol. The summed E-state index contributed by atoms with van der Waals surface area (Å²) in [5.74, 6) is -0.293. The Labute approximate surface area is 106 Å². The average Bonchev–Trinajstić information content (AvgIpc) is 2.86. The van der Waals surface area contributed by atoms with Crippen molar-refractivity contribution in [3.8, 4) is 0 Å². The van der Waals surface area contributed by atoms with Gasteiger partial charge in [0.05, 0.1) is 18.3 Å². The lowest BCUT2D eigenvalue weighted by molar-refractivity contribution is -0.141. The number of nitrogens with one attached hydrogen (secondary N) is 2. The third-order valence-corrected chi connectivity index (χ3v) is 2.81. The lowest BCUT2D eigenvalue weighted by atomic mass is 10.1. The fraction of sp³-hybridized carbons (Fsp3) is 0.214. The summed E-state index contributed by atoms with van der Waals surface area (Å²) in [6.07, 6.45) is 4.09. The van der Waals surface area contributed by atoms with Gasteiger partial charge in [0, 0.05) is 11.6 Å². The largest absolute Gasteiger partial charge is 0.467 e. The van der Waals surface area contributed by atoms with E-state index >= 15 is 0 Å². The number of ether oxygens (including phenoxy) is 1. The lowest BCUT2D eigenvalue weighted by Crippen LogP contribution is -2.30.